The van der Waals surface area contributed by atoms with Gasteiger partial charge in [-0.2, -0.15) is 13.2 Å². The summed E-state index contributed by atoms with van der Waals surface area (Å²) >= 11 is 5.73. The van der Waals surface area contributed by atoms with Gasteiger partial charge in [0.1, 0.15) is 22.5 Å². The van der Waals surface area contributed by atoms with Gasteiger partial charge in [0, 0.05) is 13.1 Å². The summed E-state index contributed by atoms with van der Waals surface area (Å²) < 4.78 is 41.3. The van der Waals surface area contributed by atoms with Crippen molar-refractivity contribution >= 4 is 23.4 Å². The minimum absolute atomic E-state index is 0.167. The fourth-order valence-corrected chi connectivity index (χ4v) is 2.00. The lowest BCUT2D eigenvalue weighted by Crippen LogP contribution is -2.53. The SMILES string of the molecule is CNC(=O)C(NC(=O)c1cc(OCC(F)(F)F)c(Cl)cn1)C(C)(C)C. The van der Waals surface area contributed by atoms with Crippen LogP contribution in [-0.2, 0) is 4.79 Å². The standard InChI is InChI=1S/C15H19ClF3N3O3/c1-14(2,3)11(13(24)20-4)22-12(23)9-5-10(8(16)6-21-9)25-7-15(17,18)19/h5-6,11H,7H2,1-4H3,(H,20,24)(H,22,23). The number of hydrogen-bond donors (Lipinski definition) is 2. The first-order valence-electron chi connectivity index (χ1n) is 7.22. The summed E-state index contributed by atoms with van der Waals surface area (Å²) in [5, 5.41) is 4.78. The number of carbonyl (C=O) groups is 2. The first-order chi connectivity index (χ1) is 11.3. The highest BCUT2D eigenvalue weighted by Gasteiger charge is 2.33. The molecular formula is C15H19ClF3N3O3. The molecule has 1 aromatic rings. The van der Waals surface area contributed by atoms with Crippen LogP contribution in [0.15, 0.2) is 12.3 Å². The highest BCUT2D eigenvalue weighted by molar-refractivity contribution is 6.32. The molecular weight excluding hydrogens is 363 g/mol. The Morgan fingerprint density at radius 3 is 2.40 bits per heavy atom. The van der Waals surface area contributed by atoms with Gasteiger partial charge < -0.3 is 15.4 Å². The Balaban J connectivity index is 2.99. The zero-order valence-corrected chi connectivity index (χ0v) is 14.9. The largest absolute Gasteiger partial charge is 0.482 e. The lowest BCUT2D eigenvalue weighted by molar-refractivity contribution is -0.153. The molecule has 0 saturated carbocycles. The molecule has 0 aliphatic heterocycles. The molecule has 6 nitrogen and oxygen atoms in total. The van der Waals surface area contributed by atoms with Gasteiger partial charge in [-0.15, -0.1) is 0 Å². The van der Waals surface area contributed by atoms with Crippen molar-refractivity contribution in [2.24, 2.45) is 5.41 Å². The number of likely N-dealkylation sites (N-methyl/N-ethyl adjacent to an activating group) is 1. The molecule has 1 unspecified atom stereocenters. The Labute approximate surface area is 148 Å². The van der Waals surface area contributed by atoms with Gasteiger partial charge in [-0.05, 0) is 5.41 Å². The summed E-state index contributed by atoms with van der Waals surface area (Å²) in [6.07, 6.45) is -3.54. The molecule has 1 heterocycles. The summed E-state index contributed by atoms with van der Waals surface area (Å²) in [6, 6.07) is 0.120. The molecule has 0 radical (unpaired) electrons. The molecule has 0 spiro atoms. The number of halogens is 4. The number of rotatable bonds is 5. The van der Waals surface area contributed by atoms with Crippen molar-refractivity contribution in [1.29, 1.82) is 0 Å². The third-order valence-electron chi connectivity index (χ3n) is 3.09. The lowest BCUT2D eigenvalue weighted by Gasteiger charge is -2.29. The Hall–Kier alpha value is -2.03. The highest BCUT2D eigenvalue weighted by atomic mass is 35.5. The quantitative estimate of drug-likeness (QED) is 0.821. The average molecular weight is 382 g/mol. The van der Waals surface area contributed by atoms with Crippen LogP contribution in [0.3, 0.4) is 0 Å². The molecule has 2 N–H and O–H groups in total. The topological polar surface area (TPSA) is 80.3 Å². The van der Waals surface area contributed by atoms with Crippen LogP contribution >= 0.6 is 11.6 Å². The Morgan fingerprint density at radius 2 is 1.92 bits per heavy atom. The number of aromatic nitrogens is 1. The third-order valence-corrected chi connectivity index (χ3v) is 3.38. The molecule has 2 amide bonds. The molecule has 0 aromatic carbocycles. The van der Waals surface area contributed by atoms with E-state index in [0.717, 1.165) is 12.3 Å². The van der Waals surface area contributed by atoms with Crippen molar-refractivity contribution in [2.45, 2.75) is 33.0 Å². The van der Waals surface area contributed by atoms with Gasteiger partial charge in [-0.25, -0.2) is 4.98 Å². The summed E-state index contributed by atoms with van der Waals surface area (Å²) in [5.41, 5.74) is -0.822. The van der Waals surface area contributed by atoms with Crippen molar-refractivity contribution in [3.8, 4) is 5.75 Å². The van der Waals surface area contributed by atoms with Gasteiger partial charge in [0.05, 0.1) is 6.20 Å². The van der Waals surface area contributed by atoms with Gasteiger partial charge in [-0.1, -0.05) is 32.4 Å². The van der Waals surface area contributed by atoms with E-state index in [1.54, 1.807) is 20.8 Å². The predicted molar refractivity (Wildman–Crippen MR) is 85.6 cm³/mol. The Morgan fingerprint density at radius 1 is 1.32 bits per heavy atom. The maximum absolute atomic E-state index is 12.3. The normalized spacial score (nSPS) is 13.1. The maximum atomic E-state index is 12.3. The summed E-state index contributed by atoms with van der Waals surface area (Å²) in [5.74, 6) is -1.48. The van der Waals surface area contributed by atoms with Crippen molar-refractivity contribution < 1.29 is 27.5 Å². The molecule has 10 heteroatoms. The van der Waals surface area contributed by atoms with E-state index in [2.05, 4.69) is 20.4 Å². The molecule has 140 valence electrons. The van der Waals surface area contributed by atoms with Crippen LogP contribution in [-0.4, -0.2) is 42.7 Å². The molecule has 0 saturated heterocycles. The van der Waals surface area contributed by atoms with Crippen LogP contribution in [0.5, 0.6) is 5.75 Å². The molecule has 25 heavy (non-hydrogen) atoms. The molecule has 1 rings (SSSR count). The number of carbonyl (C=O) groups excluding carboxylic acids is 2. The third kappa shape index (κ3) is 6.41. The number of pyridine rings is 1. The van der Waals surface area contributed by atoms with E-state index in [9.17, 15) is 22.8 Å². The second-order valence-corrected chi connectivity index (χ2v) is 6.70. The molecule has 0 aliphatic rings. The molecule has 0 bridgehead atoms. The smallest absolute Gasteiger partial charge is 0.422 e. The van der Waals surface area contributed by atoms with E-state index in [4.69, 9.17) is 11.6 Å². The van der Waals surface area contributed by atoms with Crippen LogP contribution in [0, 0.1) is 5.41 Å². The lowest BCUT2D eigenvalue weighted by atomic mass is 9.86. The van der Waals surface area contributed by atoms with Crippen LogP contribution in [0.4, 0.5) is 13.2 Å². The van der Waals surface area contributed by atoms with Crippen LogP contribution in [0.2, 0.25) is 5.02 Å². The van der Waals surface area contributed by atoms with Gasteiger partial charge >= 0.3 is 6.18 Å². The Bertz CT molecular complexity index is 645. The van der Waals surface area contributed by atoms with E-state index in [1.165, 1.54) is 7.05 Å². The van der Waals surface area contributed by atoms with E-state index < -0.39 is 36.1 Å². The highest BCUT2D eigenvalue weighted by Crippen LogP contribution is 2.27. The van der Waals surface area contributed by atoms with Gasteiger partial charge in [0.25, 0.3) is 5.91 Å². The summed E-state index contributed by atoms with van der Waals surface area (Å²) in [7, 11) is 1.43. The fourth-order valence-electron chi connectivity index (χ4n) is 1.84. The fraction of sp³-hybridized carbons (Fsp3) is 0.533. The van der Waals surface area contributed by atoms with Gasteiger partial charge in [0.2, 0.25) is 5.91 Å². The number of nitrogens with zero attached hydrogens (tertiary/aromatic N) is 1. The zero-order chi connectivity index (χ0) is 19.4. The number of hydrogen-bond acceptors (Lipinski definition) is 4. The van der Waals surface area contributed by atoms with E-state index in [0.29, 0.717) is 0 Å². The van der Waals surface area contributed by atoms with Gasteiger partial charge in [-0.3, -0.25) is 9.59 Å². The molecule has 1 aromatic heterocycles. The minimum atomic E-state index is -4.55. The number of ether oxygens (including phenoxy) is 1. The van der Waals surface area contributed by atoms with Gasteiger partial charge in [0.15, 0.2) is 6.61 Å². The zero-order valence-electron chi connectivity index (χ0n) is 14.1. The molecule has 0 aliphatic carbocycles. The number of amides is 2. The molecule has 0 fully saturated rings. The second kappa shape index (κ2) is 7.90. The second-order valence-electron chi connectivity index (χ2n) is 6.29. The summed E-state index contributed by atoms with van der Waals surface area (Å²) in [4.78, 5) is 28.0. The first kappa shape index (κ1) is 21.0. The first-order valence-corrected chi connectivity index (χ1v) is 7.60. The summed E-state index contributed by atoms with van der Waals surface area (Å²) in [6.45, 7) is 3.70. The maximum Gasteiger partial charge on any atom is 0.422 e. The minimum Gasteiger partial charge on any atom is -0.482 e. The molecule has 1 atom stereocenters. The van der Waals surface area contributed by atoms with E-state index >= 15 is 0 Å². The monoisotopic (exact) mass is 381 g/mol. The number of nitrogens with one attached hydrogen (secondary N) is 2. The Kier molecular flexibility index (Phi) is 6.64. The van der Waals surface area contributed by atoms with Crippen molar-refractivity contribution in [3.05, 3.63) is 23.0 Å². The van der Waals surface area contributed by atoms with Crippen molar-refractivity contribution in [1.82, 2.24) is 15.6 Å². The average Bonchev–Trinajstić information content (AvgIpc) is 2.48. The van der Waals surface area contributed by atoms with Crippen molar-refractivity contribution in [3.63, 3.8) is 0 Å². The van der Waals surface area contributed by atoms with E-state index in [-0.39, 0.29) is 16.5 Å². The predicted octanol–water partition coefficient (Wildman–Crippen LogP) is 2.57. The van der Waals surface area contributed by atoms with Crippen LogP contribution < -0.4 is 15.4 Å². The van der Waals surface area contributed by atoms with Crippen LogP contribution in [0.25, 0.3) is 0 Å². The van der Waals surface area contributed by atoms with Crippen LogP contribution in [0.1, 0.15) is 31.3 Å². The van der Waals surface area contributed by atoms with E-state index in [1.807, 2.05) is 0 Å². The number of alkyl halides is 3. The van der Waals surface area contributed by atoms with Crippen molar-refractivity contribution in [2.75, 3.05) is 13.7 Å².